The van der Waals surface area contributed by atoms with E-state index in [9.17, 15) is 18.4 Å². The Morgan fingerprint density at radius 2 is 1.77 bits per heavy atom. The first-order chi connectivity index (χ1) is 14.6. The van der Waals surface area contributed by atoms with Crippen molar-refractivity contribution in [3.8, 4) is 0 Å². The molecule has 1 atom stereocenters. The molecule has 31 heavy (non-hydrogen) atoms. The summed E-state index contributed by atoms with van der Waals surface area (Å²) in [5.41, 5.74) is 3.03. The Bertz CT molecular complexity index is 1130. The number of amides is 1. The van der Waals surface area contributed by atoms with Crippen LogP contribution in [0.5, 0.6) is 0 Å². The molecule has 4 nitrogen and oxygen atoms in total. The van der Waals surface area contributed by atoms with Crippen LogP contribution in [-0.2, 0) is 9.59 Å². The average Bonchev–Trinajstić information content (AvgIpc) is 2.67. The maximum Gasteiger partial charge on any atom is 0.254 e. The first-order valence-electron chi connectivity index (χ1n) is 10.2. The normalized spacial score (nSPS) is 20.3. The van der Waals surface area contributed by atoms with Gasteiger partial charge in [0.2, 0.25) is 0 Å². The number of nitrogens with one attached hydrogen (secondary N) is 2. The van der Waals surface area contributed by atoms with Crippen molar-refractivity contribution in [2.45, 2.75) is 39.5 Å². The highest BCUT2D eigenvalue weighted by Crippen LogP contribution is 2.46. The van der Waals surface area contributed by atoms with Crippen LogP contribution in [0.2, 0.25) is 0 Å². The van der Waals surface area contributed by atoms with Gasteiger partial charge < -0.3 is 10.6 Å². The number of allylic oxidation sites excluding steroid dienone is 3. The smallest absolute Gasteiger partial charge is 0.254 e. The van der Waals surface area contributed by atoms with Crippen LogP contribution in [0.4, 0.5) is 14.5 Å². The molecule has 4 rings (SSSR count). The van der Waals surface area contributed by atoms with Gasteiger partial charge in [-0.05, 0) is 60.7 Å². The van der Waals surface area contributed by atoms with Gasteiger partial charge in [-0.3, -0.25) is 9.59 Å². The van der Waals surface area contributed by atoms with Crippen LogP contribution in [0, 0.1) is 17.0 Å². The summed E-state index contributed by atoms with van der Waals surface area (Å²) in [6.07, 6.45) is 1.01. The zero-order valence-corrected chi connectivity index (χ0v) is 17.7. The standard InChI is InChI=1S/C25H24F2N2O2/c1-14-21(24(31)29-18-9-7-16(26)8-10-18)22(15-5-4-6-17(27)11-15)23-19(28-14)12-25(2,3)13-20(23)30/h4-11,22,28H,12-13H2,1-3H3,(H,29,31)/t22-/m1/s1. The van der Waals surface area contributed by atoms with E-state index < -0.39 is 23.5 Å². The van der Waals surface area contributed by atoms with Gasteiger partial charge in [-0.15, -0.1) is 0 Å². The molecular weight excluding hydrogens is 398 g/mol. The van der Waals surface area contributed by atoms with E-state index in [-0.39, 0.29) is 11.2 Å². The van der Waals surface area contributed by atoms with Crippen LogP contribution in [0.1, 0.15) is 45.1 Å². The molecule has 0 spiro atoms. The van der Waals surface area contributed by atoms with E-state index in [0.29, 0.717) is 40.9 Å². The Morgan fingerprint density at radius 3 is 2.45 bits per heavy atom. The van der Waals surface area contributed by atoms with E-state index in [1.807, 2.05) is 13.8 Å². The number of hydrogen-bond donors (Lipinski definition) is 2. The lowest BCUT2D eigenvalue weighted by molar-refractivity contribution is -0.118. The van der Waals surface area contributed by atoms with Gasteiger partial charge in [-0.1, -0.05) is 26.0 Å². The van der Waals surface area contributed by atoms with Crippen LogP contribution >= 0.6 is 0 Å². The summed E-state index contributed by atoms with van der Waals surface area (Å²) in [4.78, 5) is 26.5. The van der Waals surface area contributed by atoms with E-state index in [1.165, 1.54) is 36.4 Å². The van der Waals surface area contributed by atoms with E-state index >= 15 is 0 Å². The van der Waals surface area contributed by atoms with Crippen LogP contribution in [0.25, 0.3) is 0 Å². The SMILES string of the molecule is CC1=C(C(=O)Nc2ccc(F)cc2)[C@@H](c2cccc(F)c2)C2=C(CC(C)(C)CC2=O)N1. The van der Waals surface area contributed by atoms with Gasteiger partial charge in [0.25, 0.3) is 5.91 Å². The molecule has 1 aliphatic carbocycles. The molecule has 0 fully saturated rings. The molecule has 2 aromatic rings. The van der Waals surface area contributed by atoms with Gasteiger partial charge in [0.1, 0.15) is 11.6 Å². The molecule has 2 aliphatic rings. The van der Waals surface area contributed by atoms with Gasteiger partial charge in [0.15, 0.2) is 5.78 Å². The van der Waals surface area contributed by atoms with Gasteiger partial charge in [-0.2, -0.15) is 0 Å². The second-order valence-electron chi connectivity index (χ2n) is 8.95. The molecule has 0 bridgehead atoms. The van der Waals surface area contributed by atoms with Gasteiger partial charge in [0, 0.05) is 40.6 Å². The molecular formula is C25H24F2N2O2. The number of halogens is 2. The van der Waals surface area contributed by atoms with Crippen LogP contribution < -0.4 is 10.6 Å². The number of rotatable bonds is 3. The summed E-state index contributed by atoms with van der Waals surface area (Å²) >= 11 is 0. The Morgan fingerprint density at radius 1 is 1.06 bits per heavy atom. The third kappa shape index (κ3) is 4.15. The van der Waals surface area contributed by atoms with Crippen molar-refractivity contribution < 1.29 is 18.4 Å². The first-order valence-corrected chi connectivity index (χ1v) is 10.2. The monoisotopic (exact) mass is 422 g/mol. The lowest BCUT2D eigenvalue weighted by Gasteiger charge is -2.39. The topological polar surface area (TPSA) is 58.2 Å². The second kappa shape index (κ2) is 7.76. The first kappa shape index (κ1) is 21.0. The number of carbonyl (C=O) groups excluding carboxylic acids is 2. The van der Waals surface area contributed by atoms with Crippen LogP contribution in [0.3, 0.4) is 0 Å². The number of benzene rings is 2. The Hall–Kier alpha value is -3.28. The lowest BCUT2D eigenvalue weighted by Crippen LogP contribution is -2.39. The van der Waals surface area contributed by atoms with Gasteiger partial charge in [0.05, 0.1) is 0 Å². The molecule has 0 saturated heterocycles. The zero-order chi connectivity index (χ0) is 22.3. The summed E-state index contributed by atoms with van der Waals surface area (Å²) in [6, 6.07) is 11.5. The summed E-state index contributed by atoms with van der Waals surface area (Å²) < 4.78 is 27.3. The second-order valence-corrected chi connectivity index (χ2v) is 8.95. The highest BCUT2D eigenvalue weighted by Gasteiger charge is 2.42. The largest absolute Gasteiger partial charge is 0.362 e. The fourth-order valence-corrected chi connectivity index (χ4v) is 4.49. The summed E-state index contributed by atoms with van der Waals surface area (Å²) in [5.74, 6) is -1.99. The molecule has 2 N–H and O–H groups in total. The van der Waals surface area contributed by atoms with Gasteiger partial charge in [-0.25, -0.2) is 8.78 Å². The number of ketones is 1. The maximum atomic E-state index is 14.1. The van der Waals surface area contributed by atoms with Crippen molar-refractivity contribution in [2.75, 3.05) is 5.32 Å². The van der Waals surface area contributed by atoms with Crippen molar-refractivity contribution in [1.29, 1.82) is 0 Å². The predicted molar refractivity (Wildman–Crippen MR) is 115 cm³/mol. The molecule has 0 saturated carbocycles. The summed E-state index contributed by atoms with van der Waals surface area (Å²) in [6.45, 7) is 5.84. The zero-order valence-electron chi connectivity index (χ0n) is 17.7. The molecule has 0 unspecified atom stereocenters. The van der Waals surface area contributed by atoms with Crippen molar-refractivity contribution >= 4 is 17.4 Å². The molecule has 0 aromatic heterocycles. The average molecular weight is 422 g/mol. The van der Waals surface area contributed by atoms with E-state index in [4.69, 9.17) is 0 Å². The number of dihydropyridines is 1. The summed E-state index contributed by atoms with van der Waals surface area (Å²) in [5, 5.41) is 6.05. The quantitative estimate of drug-likeness (QED) is 0.714. The Balaban J connectivity index is 1.80. The lowest BCUT2D eigenvalue weighted by atomic mass is 9.68. The third-order valence-electron chi connectivity index (χ3n) is 5.77. The maximum absolute atomic E-state index is 14.1. The minimum absolute atomic E-state index is 0.0485. The minimum Gasteiger partial charge on any atom is -0.362 e. The molecule has 1 aliphatic heterocycles. The van der Waals surface area contributed by atoms with E-state index in [2.05, 4.69) is 10.6 Å². The van der Waals surface area contributed by atoms with E-state index in [0.717, 1.165) is 5.70 Å². The van der Waals surface area contributed by atoms with E-state index in [1.54, 1.807) is 19.1 Å². The van der Waals surface area contributed by atoms with Crippen LogP contribution in [-0.4, -0.2) is 11.7 Å². The highest BCUT2D eigenvalue weighted by molar-refractivity contribution is 6.09. The Labute approximate surface area is 180 Å². The fraction of sp³-hybridized carbons (Fsp3) is 0.280. The van der Waals surface area contributed by atoms with Gasteiger partial charge >= 0.3 is 0 Å². The number of anilines is 1. The van der Waals surface area contributed by atoms with Crippen molar-refractivity contribution in [3.05, 3.63) is 88.3 Å². The number of Topliss-reactive ketones (excluding diaryl/α,β-unsaturated/α-hetero) is 1. The van der Waals surface area contributed by atoms with Crippen molar-refractivity contribution in [3.63, 3.8) is 0 Å². The van der Waals surface area contributed by atoms with Crippen molar-refractivity contribution in [1.82, 2.24) is 5.32 Å². The minimum atomic E-state index is -0.684. The Kier molecular flexibility index (Phi) is 5.25. The third-order valence-corrected chi connectivity index (χ3v) is 5.77. The molecule has 6 heteroatoms. The summed E-state index contributed by atoms with van der Waals surface area (Å²) in [7, 11) is 0. The highest BCUT2D eigenvalue weighted by atomic mass is 19.1. The molecule has 1 amide bonds. The predicted octanol–water partition coefficient (Wildman–Crippen LogP) is 5.21. The van der Waals surface area contributed by atoms with Crippen molar-refractivity contribution in [2.24, 2.45) is 5.41 Å². The number of carbonyl (C=O) groups is 2. The fourth-order valence-electron chi connectivity index (χ4n) is 4.49. The molecule has 1 heterocycles. The molecule has 2 aromatic carbocycles. The molecule has 160 valence electrons. The number of hydrogen-bond acceptors (Lipinski definition) is 3. The van der Waals surface area contributed by atoms with Crippen LogP contribution in [0.15, 0.2) is 71.1 Å². The molecule has 0 radical (unpaired) electrons.